The molecule has 0 aliphatic carbocycles. The highest BCUT2D eigenvalue weighted by atomic mass is 16.5. The van der Waals surface area contributed by atoms with Gasteiger partial charge in [-0.05, 0) is 12.3 Å². The fraction of sp³-hybridized carbons (Fsp3) is 1.00. The first-order valence-electron chi connectivity index (χ1n) is 8.65. The third-order valence-corrected chi connectivity index (χ3v) is 3.66. The van der Waals surface area contributed by atoms with Crippen molar-refractivity contribution in [3.05, 3.63) is 0 Å². The Morgan fingerprint density at radius 1 is 0.714 bits per heavy atom. The molecular formula is C17H36O4. The molecule has 0 bridgehead atoms. The second-order valence-electron chi connectivity index (χ2n) is 5.63. The van der Waals surface area contributed by atoms with Crippen LogP contribution in [0.15, 0.2) is 0 Å². The van der Waals surface area contributed by atoms with Crippen LogP contribution in [0.2, 0.25) is 0 Å². The number of rotatable bonds is 17. The van der Waals surface area contributed by atoms with E-state index in [9.17, 15) is 0 Å². The van der Waals surface area contributed by atoms with E-state index in [1.165, 1.54) is 38.5 Å². The van der Waals surface area contributed by atoms with Crippen molar-refractivity contribution in [1.82, 2.24) is 0 Å². The average Bonchev–Trinajstić information content (AvgIpc) is 2.50. The predicted octanol–water partition coefficient (Wildman–Crippen LogP) is 3.42. The third-order valence-electron chi connectivity index (χ3n) is 3.66. The van der Waals surface area contributed by atoms with E-state index in [1.807, 2.05) is 0 Å². The van der Waals surface area contributed by atoms with Crippen molar-refractivity contribution < 1.29 is 19.3 Å². The molecular weight excluding hydrogens is 268 g/mol. The molecule has 1 atom stereocenters. The molecule has 0 saturated carbocycles. The monoisotopic (exact) mass is 304 g/mol. The van der Waals surface area contributed by atoms with E-state index in [4.69, 9.17) is 19.3 Å². The van der Waals surface area contributed by atoms with Gasteiger partial charge < -0.3 is 19.3 Å². The van der Waals surface area contributed by atoms with Crippen LogP contribution in [0.5, 0.6) is 0 Å². The topological polar surface area (TPSA) is 47.9 Å². The molecule has 0 amide bonds. The summed E-state index contributed by atoms with van der Waals surface area (Å²) in [5.41, 5.74) is 0. The van der Waals surface area contributed by atoms with Gasteiger partial charge in [0.1, 0.15) is 0 Å². The minimum Gasteiger partial charge on any atom is -0.394 e. The standard InChI is InChI=1S/C17H36O4/c1-3-17(2)9-7-5-4-6-8-11-19-13-15-21-16-14-20-12-10-18/h17-18H,3-16H2,1-2H3. The molecule has 21 heavy (non-hydrogen) atoms. The lowest BCUT2D eigenvalue weighted by molar-refractivity contribution is 0.00719. The Labute approximate surface area is 131 Å². The summed E-state index contributed by atoms with van der Waals surface area (Å²) in [6.07, 6.45) is 9.19. The van der Waals surface area contributed by atoms with Crippen molar-refractivity contribution in [1.29, 1.82) is 0 Å². The molecule has 0 spiro atoms. The fourth-order valence-corrected chi connectivity index (χ4v) is 2.04. The van der Waals surface area contributed by atoms with E-state index in [0.717, 1.165) is 18.9 Å². The van der Waals surface area contributed by atoms with Crippen LogP contribution in [0.3, 0.4) is 0 Å². The quantitative estimate of drug-likeness (QED) is 0.418. The summed E-state index contributed by atoms with van der Waals surface area (Å²) in [6.45, 7) is 8.30. The normalized spacial score (nSPS) is 12.7. The lowest BCUT2D eigenvalue weighted by atomic mass is 10.0. The Bertz CT molecular complexity index is 188. The molecule has 0 aromatic carbocycles. The first-order chi connectivity index (χ1) is 10.3. The summed E-state index contributed by atoms with van der Waals surface area (Å²) in [7, 11) is 0. The number of aliphatic hydroxyl groups is 1. The SMILES string of the molecule is CCC(C)CCCCCCCOCCOCCOCCO. The van der Waals surface area contributed by atoms with Crippen LogP contribution in [0.1, 0.15) is 58.8 Å². The smallest absolute Gasteiger partial charge is 0.0701 e. The predicted molar refractivity (Wildman–Crippen MR) is 86.7 cm³/mol. The second kappa shape index (κ2) is 17.9. The highest BCUT2D eigenvalue weighted by Gasteiger charge is 1.98. The second-order valence-corrected chi connectivity index (χ2v) is 5.63. The highest BCUT2D eigenvalue weighted by Crippen LogP contribution is 2.13. The minimum absolute atomic E-state index is 0.0702. The Hall–Kier alpha value is -0.160. The van der Waals surface area contributed by atoms with Gasteiger partial charge >= 0.3 is 0 Å². The van der Waals surface area contributed by atoms with Gasteiger partial charge in [0.15, 0.2) is 0 Å². The van der Waals surface area contributed by atoms with Crippen LogP contribution in [0, 0.1) is 5.92 Å². The van der Waals surface area contributed by atoms with Gasteiger partial charge in [0, 0.05) is 6.61 Å². The maximum Gasteiger partial charge on any atom is 0.0701 e. The van der Waals surface area contributed by atoms with Crippen molar-refractivity contribution in [3.8, 4) is 0 Å². The van der Waals surface area contributed by atoms with Crippen LogP contribution in [-0.4, -0.2) is 51.4 Å². The van der Waals surface area contributed by atoms with Gasteiger partial charge in [0.25, 0.3) is 0 Å². The number of aliphatic hydroxyl groups excluding tert-OH is 1. The zero-order valence-electron chi connectivity index (χ0n) is 14.1. The zero-order valence-corrected chi connectivity index (χ0v) is 14.1. The largest absolute Gasteiger partial charge is 0.394 e. The number of unbranched alkanes of at least 4 members (excludes halogenated alkanes) is 4. The van der Waals surface area contributed by atoms with E-state index in [-0.39, 0.29) is 6.61 Å². The molecule has 0 aromatic heterocycles. The molecule has 4 heteroatoms. The Kier molecular flexibility index (Phi) is 17.8. The van der Waals surface area contributed by atoms with E-state index >= 15 is 0 Å². The van der Waals surface area contributed by atoms with Gasteiger partial charge in [0.2, 0.25) is 0 Å². The molecule has 4 nitrogen and oxygen atoms in total. The average molecular weight is 304 g/mol. The number of hydrogen-bond acceptors (Lipinski definition) is 4. The third kappa shape index (κ3) is 17.8. The lowest BCUT2D eigenvalue weighted by Crippen LogP contribution is -2.11. The van der Waals surface area contributed by atoms with Crippen LogP contribution < -0.4 is 0 Å². The van der Waals surface area contributed by atoms with Crippen LogP contribution in [0.25, 0.3) is 0 Å². The molecule has 0 rings (SSSR count). The van der Waals surface area contributed by atoms with Crippen molar-refractivity contribution in [2.75, 3.05) is 46.2 Å². The Morgan fingerprint density at radius 3 is 1.86 bits per heavy atom. The van der Waals surface area contributed by atoms with Crippen LogP contribution in [0.4, 0.5) is 0 Å². The molecule has 0 heterocycles. The van der Waals surface area contributed by atoms with Crippen LogP contribution in [-0.2, 0) is 14.2 Å². The van der Waals surface area contributed by atoms with Crippen molar-refractivity contribution in [2.45, 2.75) is 58.8 Å². The number of hydrogen-bond donors (Lipinski definition) is 1. The van der Waals surface area contributed by atoms with Gasteiger partial charge in [-0.25, -0.2) is 0 Å². The summed E-state index contributed by atoms with van der Waals surface area (Å²) < 4.78 is 15.9. The Morgan fingerprint density at radius 2 is 1.24 bits per heavy atom. The fourth-order valence-electron chi connectivity index (χ4n) is 2.04. The molecule has 1 unspecified atom stereocenters. The first-order valence-corrected chi connectivity index (χ1v) is 8.65. The van der Waals surface area contributed by atoms with E-state index in [0.29, 0.717) is 33.0 Å². The van der Waals surface area contributed by atoms with Crippen molar-refractivity contribution in [3.63, 3.8) is 0 Å². The van der Waals surface area contributed by atoms with Crippen molar-refractivity contribution in [2.24, 2.45) is 5.92 Å². The van der Waals surface area contributed by atoms with Gasteiger partial charge in [0.05, 0.1) is 39.6 Å². The lowest BCUT2D eigenvalue weighted by Gasteiger charge is -2.08. The van der Waals surface area contributed by atoms with E-state index < -0.39 is 0 Å². The van der Waals surface area contributed by atoms with Gasteiger partial charge in [-0.15, -0.1) is 0 Å². The number of ether oxygens (including phenoxy) is 3. The Balaban J connectivity index is 2.96. The first kappa shape index (κ1) is 20.8. The molecule has 0 aliphatic heterocycles. The maximum absolute atomic E-state index is 8.51. The summed E-state index contributed by atoms with van der Waals surface area (Å²) in [5, 5.41) is 8.51. The minimum atomic E-state index is 0.0702. The van der Waals surface area contributed by atoms with E-state index in [1.54, 1.807) is 0 Å². The summed E-state index contributed by atoms with van der Waals surface area (Å²) >= 11 is 0. The zero-order chi connectivity index (χ0) is 15.6. The van der Waals surface area contributed by atoms with Crippen LogP contribution >= 0.6 is 0 Å². The van der Waals surface area contributed by atoms with Crippen molar-refractivity contribution >= 4 is 0 Å². The molecule has 0 radical (unpaired) electrons. The molecule has 0 aliphatic rings. The van der Waals surface area contributed by atoms with Gasteiger partial charge in [-0.3, -0.25) is 0 Å². The molecule has 0 aromatic rings. The summed E-state index contributed by atoms with van der Waals surface area (Å²) in [5.74, 6) is 0.891. The van der Waals surface area contributed by atoms with Gasteiger partial charge in [-0.2, -0.15) is 0 Å². The summed E-state index contributed by atoms with van der Waals surface area (Å²) in [4.78, 5) is 0. The van der Waals surface area contributed by atoms with Gasteiger partial charge in [-0.1, -0.05) is 52.4 Å². The molecule has 128 valence electrons. The molecule has 0 saturated heterocycles. The highest BCUT2D eigenvalue weighted by molar-refractivity contribution is 4.51. The molecule has 1 N–H and O–H groups in total. The maximum atomic E-state index is 8.51. The molecule has 0 fully saturated rings. The van der Waals surface area contributed by atoms with E-state index in [2.05, 4.69) is 13.8 Å². The summed E-state index contributed by atoms with van der Waals surface area (Å²) in [6, 6.07) is 0.